The van der Waals surface area contributed by atoms with Gasteiger partial charge in [-0.25, -0.2) is 4.68 Å². The fourth-order valence-electron chi connectivity index (χ4n) is 3.60. The van der Waals surface area contributed by atoms with Gasteiger partial charge in [-0.1, -0.05) is 60.6 Å². The van der Waals surface area contributed by atoms with Crippen LogP contribution in [0.1, 0.15) is 113 Å². The average Bonchev–Trinajstić information content (AvgIpc) is 3.24. The lowest BCUT2D eigenvalue weighted by Crippen LogP contribution is -2.36. The van der Waals surface area contributed by atoms with Crippen molar-refractivity contribution in [2.45, 2.75) is 120 Å². The average molecular weight is 456 g/mol. The van der Waals surface area contributed by atoms with E-state index in [4.69, 9.17) is 5.73 Å². The zero-order valence-electron chi connectivity index (χ0n) is 22.6. The van der Waals surface area contributed by atoms with Gasteiger partial charge in [0, 0.05) is 18.6 Å². The van der Waals surface area contributed by atoms with Gasteiger partial charge in [-0.05, 0) is 63.3 Å². The zero-order valence-corrected chi connectivity index (χ0v) is 22.6. The van der Waals surface area contributed by atoms with Gasteiger partial charge < -0.3 is 16.2 Å². The highest BCUT2D eigenvalue weighted by atomic mass is 16.3. The van der Waals surface area contributed by atoms with Crippen LogP contribution >= 0.6 is 0 Å². The number of carbonyl (C=O) groups is 1. The molecule has 0 spiro atoms. The molecule has 0 unspecified atom stereocenters. The third-order valence-electron chi connectivity index (χ3n) is 5.49. The summed E-state index contributed by atoms with van der Waals surface area (Å²) < 4.78 is 1.80. The van der Waals surface area contributed by atoms with E-state index in [1.54, 1.807) is 4.68 Å². The van der Waals surface area contributed by atoms with Crippen LogP contribution in [0.2, 0.25) is 0 Å². The number of nitrogens with two attached hydrogens (primary N) is 1. The van der Waals surface area contributed by atoms with E-state index in [0.717, 1.165) is 37.8 Å². The molecule has 1 amide bonds. The number of aromatic nitrogens is 3. The summed E-state index contributed by atoms with van der Waals surface area (Å²) in [5, 5.41) is 20.4. The van der Waals surface area contributed by atoms with Crippen molar-refractivity contribution >= 4 is 5.91 Å². The number of carbonyl (C=O) groups excluding carboxylic acids is 1. The summed E-state index contributed by atoms with van der Waals surface area (Å²) in [6.07, 6.45) is 6.72. The topological polar surface area (TPSA) is 106 Å². The van der Waals surface area contributed by atoms with E-state index in [1.807, 2.05) is 61.6 Å². The quantitative estimate of drug-likeness (QED) is 0.530. The fraction of sp³-hybridized carbons (Fsp3) is 0.880. The van der Waals surface area contributed by atoms with Gasteiger partial charge in [0.1, 0.15) is 5.69 Å². The molecule has 0 bridgehead atoms. The van der Waals surface area contributed by atoms with Crippen molar-refractivity contribution in [3.05, 3.63) is 11.9 Å². The van der Waals surface area contributed by atoms with Gasteiger partial charge in [0.05, 0.1) is 12.7 Å². The predicted octanol–water partition coefficient (Wildman–Crippen LogP) is 5.10. The lowest BCUT2D eigenvalue weighted by Gasteiger charge is -2.38. The normalized spacial score (nSPS) is 17.9. The standard InChI is InChI=1S/C18H32N4O2.C3H9N.2C2H6/c1-13(2)22-12-16(20-21-22)11-19-17(24)14-5-7-15(8-6-14)18(3,4)9-10-23;1-3(2)4;2*1-2/h12-15,23H,5-11H2,1-4H3,(H,19,24);3H,4H2,1-2H3;2*1-2H3. The van der Waals surface area contributed by atoms with Crippen molar-refractivity contribution in [3.8, 4) is 0 Å². The molecule has 1 aliphatic carbocycles. The lowest BCUT2D eigenvalue weighted by molar-refractivity contribution is -0.126. The highest BCUT2D eigenvalue weighted by Crippen LogP contribution is 2.42. The summed E-state index contributed by atoms with van der Waals surface area (Å²) in [4.78, 5) is 12.4. The first-order valence-electron chi connectivity index (χ1n) is 12.6. The number of hydrogen-bond donors (Lipinski definition) is 3. The number of amides is 1. The third-order valence-corrected chi connectivity index (χ3v) is 5.49. The summed E-state index contributed by atoms with van der Waals surface area (Å²) >= 11 is 0. The van der Waals surface area contributed by atoms with Crippen molar-refractivity contribution in [3.63, 3.8) is 0 Å². The van der Waals surface area contributed by atoms with Crippen LogP contribution in [0.3, 0.4) is 0 Å². The van der Waals surface area contributed by atoms with Crippen LogP contribution in [0.5, 0.6) is 0 Å². The van der Waals surface area contributed by atoms with Crippen LogP contribution in [0.4, 0.5) is 0 Å². The third kappa shape index (κ3) is 13.2. The molecular formula is C25H53N5O2. The SMILES string of the molecule is CC.CC.CC(C)N.CC(C)n1cc(CNC(=O)C2CCC(C(C)(C)CCO)CC2)nn1. The van der Waals surface area contributed by atoms with Gasteiger partial charge in [-0.2, -0.15) is 0 Å². The van der Waals surface area contributed by atoms with Crippen LogP contribution in [0.25, 0.3) is 0 Å². The second-order valence-corrected chi connectivity index (χ2v) is 9.26. The first kappa shape index (κ1) is 32.7. The van der Waals surface area contributed by atoms with E-state index in [2.05, 4.69) is 29.5 Å². The Balaban J connectivity index is 0. The second kappa shape index (κ2) is 18.0. The number of rotatable bonds is 7. The van der Waals surface area contributed by atoms with Gasteiger partial charge in [-0.3, -0.25) is 4.79 Å². The van der Waals surface area contributed by atoms with E-state index in [9.17, 15) is 9.90 Å². The Morgan fingerprint density at radius 3 is 2.06 bits per heavy atom. The molecule has 1 fully saturated rings. The Hall–Kier alpha value is -1.47. The highest BCUT2D eigenvalue weighted by molar-refractivity contribution is 5.78. The van der Waals surface area contributed by atoms with Crippen LogP contribution in [-0.2, 0) is 11.3 Å². The number of aliphatic hydroxyl groups excluding tert-OH is 1. The number of aliphatic hydroxyl groups is 1. The van der Waals surface area contributed by atoms with Gasteiger partial charge >= 0.3 is 0 Å². The number of hydrogen-bond acceptors (Lipinski definition) is 5. The van der Waals surface area contributed by atoms with E-state index in [-0.39, 0.29) is 29.9 Å². The van der Waals surface area contributed by atoms with Gasteiger partial charge in [0.25, 0.3) is 0 Å². The van der Waals surface area contributed by atoms with E-state index < -0.39 is 0 Å². The largest absolute Gasteiger partial charge is 0.396 e. The molecule has 7 heteroatoms. The minimum Gasteiger partial charge on any atom is -0.396 e. The van der Waals surface area contributed by atoms with E-state index in [1.165, 1.54) is 0 Å². The van der Waals surface area contributed by atoms with Crippen LogP contribution in [0.15, 0.2) is 6.20 Å². The van der Waals surface area contributed by atoms with Crippen molar-refractivity contribution in [2.75, 3.05) is 6.61 Å². The van der Waals surface area contributed by atoms with Crippen molar-refractivity contribution in [1.29, 1.82) is 0 Å². The highest BCUT2D eigenvalue weighted by Gasteiger charge is 2.34. The Morgan fingerprint density at radius 2 is 1.66 bits per heavy atom. The Morgan fingerprint density at radius 1 is 1.16 bits per heavy atom. The van der Waals surface area contributed by atoms with Crippen molar-refractivity contribution in [2.24, 2.45) is 23.0 Å². The summed E-state index contributed by atoms with van der Waals surface area (Å²) in [5.41, 5.74) is 6.07. The van der Waals surface area contributed by atoms with E-state index >= 15 is 0 Å². The molecule has 4 N–H and O–H groups in total. The molecule has 1 heterocycles. The molecule has 0 atom stereocenters. The van der Waals surface area contributed by atoms with Gasteiger partial charge in [0.2, 0.25) is 5.91 Å². The molecule has 1 aliphatic rings. The number of nitrogens with one attached hydrogen (secondary N) is 1. The Bertz CT molecular complexity index is 574. The molecule has 0 aliphatic heterocycles. The maximum atomic E-state index is 12.4. The van der Waals surface area contributed by atoms with Crippen molar-refractivity contribution < 1.29 is 9.90 Å². The Kier molecular flexibility index (Phi) is 18.4. The van der Waals surface area contributed by atoms with Gasteiger partial charge in [-0.15, -0.1) is 5.10 Å². The molecule has 1 aromatic heterocycles. The fourth-order valence-corrected chi connectivity index (χ4v) is 3.60. The van der Waals surface area contributed by atoms with Crippen molar-refractivity contribution in [1.82, 2.24) is 20.3 Å². The molecule has 190 valence electrons. The summed E-state index contributed by atoms with van der Waals surface area (Å²) in [6, 6.07) is 0.611. The maximum absolute atomic E-state index is 12.4. The predicted molar refractivity (Wildman–Crippen MR) is 135 cm³/mol. The minimum atomic E-state index is 0.103. The molecule has 0 radical (unpaired) electrons. The molecular weight excluding hydrogens is 402 g/mol. The molecule has 32 heavy (non-hydrogen) atoms. The van der Waals surface area contributed by atoms with Crippen LogP contribution in [-0.4, -0.2) is 38.7 Å². The van der Waals surface area contributed by atoms with E-state index in [0.29, 0.717) is 18.5 Å². The molecule has 1 aromatic rings. The maximum Gasteiger partial charge on any atom is 0.223 e. The lowest BCUT2D eigenvalue weighted by atomic mass is 9.67. The smallest absolute Gasteiger partial charge is 0.223 e. The summed E-state index contributed by atoms with van der Waals surface area (Å²) in [5.74, 6) is 0.832. The van der Waals surface area contributed by atoms with Gasteiger partial charge in [0.15, 0.2) is 0 Å². The minimum absolute atomic E-state index is 0.103. The second-order valence-electron chi connectivity index (χ2n) is 9.26. The molecule has 1 saturated carbocycles. The first-order chi connectivity index (χ1) is 15.1. The molecule has 2 rings (SSSR count). The number of nitrogens with zero attached hydrogens (tertiary/aromatic N) is 3. The molecule has 7 nitrogen and oxygen atoms in total. The molecule has 0 saturated heterocycles. The molecule has 0 aromatic carbocycles. The Labute approximate surface area is 197 Å². The first-order valence-corrected chi connectivity index (χ1v) is 12.6. The monoisotopic (exact) mass is 455 g/mol. The van der Waals surface area contributed by atoms with Crippen LogP contribution < -0.4 is 11.1 Å². The summed E-state index contributed by atoms with van der Waals surface area (Å²) in [7, 11) is 0. The zero-order chi connectivity index (χ0) is 25.3. The summed E-state index contributed by atoms with van der Waals surface area (Å²) in [6.45, 7) is 21.1. The van der Waals surface area contributed by atoms with Crippen LogP contribution in [0, 0.1) is 17.3 Å².